The third kappa shape index (κ3) is 5.84. The molecule has 0 radical (unpaired) electrons. The minimum Gasteiger partial charge on any atom is -0.480 e. The highest BCUT2D eigenvalue weighted by Gasteiger charge is 2.23. The third-order valence-corrected chi connectivity index (χ3v) is 6.18. The molecule has 0 aliphatic carbocycles. The summed E-state index contributed by atoms with van der Waals surface area (Å²) in [6.45, 7) is 1.88. The molecule has 4 aromatic carbocycles. The van der Waals surface area contributed by atoms with E-state index < -0.39 is 17.9 Å². The first kappa shape index (κ1) is 24.0. The van der Waals surface area contributed by atoms with E-state index in [1.165, 1.54) is 0 Å². The van der Waals surface area contributed by atoms with Gasteiger partial charge in [0.15, 0.2) is 0 Å². The zero-order valence-electron chi connectivity index (χ0n) is 19.5. The number of fused-ring (bicyclic) bond motifs is 2. The van der Waals surface area contributed by atoms with E-state index in [-0.39, 0.29) is 31.2 Å². The summed E-state index contributed by atoms with van der Waals surface area (Å²) < 4.78 is 0. The predicted octanol–water partition coefficient (Wildman–Crippen LogP) is 4.76. The van der Waals surface area contributed by atoms with E-state index in [0.29, 0.717) is 0 Å². The van der Waals surface area contributed by atoms with Gasteiger partial charge in [-0.05, 0) is 45.7 Å². The third-order valence-electron chi connectivity index (χ3n) is 6.18. The van der Waals surface area contributed by atoms with Crippen molar-refractivity contribution >= 4 is 39.3 Å². The van der Waals surface area contributed by atoms with Gasteiger partial charge < -0.3 is 15.7 Å². The Labute approximate surface area is 204 Å². The Hall–Kier alpha value is -4.19. The summed E-state index contributed by atoms with van der Waals surface area (Å²) in [4.78, 5) is 37.0. The molecular weight excluding hydrogens is 440 g/mol. The van der Waals surface area contributed by atoms with Gasteiger partial charge in [0.25, 0.3) is 0 Å². The topological polar surface area (TPSA) is 95.5 Å². The molecule has 4 rings (SSSR count). The average Bonchev–Trinajstić information content (AvgIpc) is 2.87. The SMILES string of the molecule is C[C@@H](NC(=O)CCC(=O)N[C@H](Cc1c2ccccc2cc2ccccc12)C(=O)O)c1ccccc1. The van der Waals surface area contributed by atoms with Crippen molar-refractivity contribution in [2.24, 2.45) is 0 Å². The highest BCUT2D eigenvalue weighted by atomic mass is 16.4. The van der Waals surface area contributed by atoms with Crippen LogP contribution in [0.2, 0.25) is 0 Å². The Morgan fingerprint density at radius 1 is 0.743 bits per heavy atom. The van der Waals surface area contributed by atoms with Crippen LogP contribution in [0, 0.1) is 0 Å². The maximum absolute atomic E-state index is 12.6. The molecule has 0 aliphatic heterocycles. The van der Waals surface area contributed by atoms with Crippen molar-refractivity contribution in [1.82, 2.24) is 10.6 Å². The normalized spacial score (nSPS) is 12.7. The lowest BCUT2D eigenvalue weighted by atomic mass is 9.92. The lowest BCUT2D eigenvalue weighted by Gasteiger charge is -2.18. The van der Waals surface area contributed by atoms with Gasteiger partial charge in [0, 0.05) is 19.3 Å². The summed E-state index contributed by atoms with van der Waals surface area (Å²) in [5.41, 5.74) is 1.85. The monoisotopic (exact) mass is 468 g/mol. The quantitative estimate of drug-likeness (QED) is 0.309. The van der Waals surface area contributed by atoms with Crippen LogP contribution in [0.3, 0.4) is 0 Å². The molecule has 2 atom stereocenters. The van der Waals surface area contributed by atoms with E-state index in [9.17, 15) is 19.5 Å². The maximum Gasteiger partial charge on any atom is 0.326 e. The van der Waals surface area contributed by atoms with Crippen LogP contribution in [0.5, 0.6) is 0 Å². The number of aliphatic carboxylic acids is 1. The molecule has 0 saturated heterocycles. The number of carboxylic acids is 1. The first-order valence-corrected chi connectivity index (χ1v) is 11.7. The van der Waals surface area contributed by atoms with Crippen LogP contribution >= 0.6 is 0 Å². The largest absolute Gasteiger partial charge is 0.480 e. The van der Waals surface area contributed by atoms with Crippen molar-refractivity contribution in [1.29, 1.82) is 0 Å². The second kappa shape index (κ2) is 10.8. The van der Waals surface area contributed by atoms with E-state index in [2.05, 4.69) is 16.7 Å². The van der Waals surface area contributed by atoms with E-state index in [4.69, 9.17) is 0 Å². The molecule has 6 heteroatoms. The summed E-state index contributed by atoms with van der Waals surface area (Å²) >= 11 is 0. The van der Waals surface area contributed by atoms with Crippen molar-refractivity contribution in [2.45, 2.75) is 38.3 Å². The fourth-order valence-corrected chi connectivity index (χ4v) is 4.36. The van der Waals surface area contributed by atoms with Crippen molar-refractivity contribution < 1.29 is 19.5 Å². The number of carboxylic acid groups (broad SMARTS) is 1. The molecule has 3 N–H and O–H groups in total. The molecule has 178 valence electrons. The van der Waals surface area contributed by atoms with Gasteiger partial charge in [-0.3, -0.25) is 9.59 Å². The second-order valence-electron chi connectivity index (χ2n) is 8.66. The van der Waals surface area contributed by atoms with Gasteiger partial charge in [-0.1, -0.05) is 78.9 Å². The summed E-state index contributed by atoms with van der Waals surface area (Å²) in [5.74, 6) is -1.84. The Morgan fingerprint density at radius 3 is 1.83 bits per heavy atom. The van der Waals surface area contributed by atoms with Crippen LogP contribution in [0.4, 0.5) is 0 Å². The van der Waals surface area contributed by atoms with Gasteiger partial charge in [0.2, 0.25) is 11.8 Å². The molecule has 0 unspecified atom stereocenters. The van der Waals surface area contributed by atoms with Gasteiger partial charge >= 0.3 is 5.97 Å². The van der Waals surface area contributed by atoms with E-state index >= 15 is 0 Å². The Bertz CT molecular complexity index is 1310. The Morgan fingerprint density at radius 2 is 1.26 bits per heavy atom. The Kier molecular flexibility index (Phi) is 7.41. The highest BCUT2D eigenvalue weighted by molar-refractivity contribution is 6.02. The van der Waals surface area contributed by atoms with Crippen LogP contribution in [0.15, 0.2) is 84.9 Å². The summed E-state index contributed by atoms with van der Waals surface area (Å²) in [5, 5.41) is 19.3. The van der Waals surface area contributed by atoms with Crippen molar-refractivity contribution in [3.63, 3.8) is 0 Å². The molecule has 0 heterocycles. The fraction of sp³-hybridized carbons (Fsp3) is 0.207. The predicted molar refractivity (Wildman–Crippen MR) is 137 cm³/mol. The maximum atomic E-state index is 12.6. The molecule has 0 bridgehead atoms. The average molecular weight is 469 g/mol. The Balaban J connectivity index is 1.43. The summed E-state index contributed by atoms with van der Waals surface area (Å²) in [7, 11) is 0. The number of nitrogens with one attached hydrogen (secondary N) is 2. The van der Waals surface area contributed by atoms with Gasteiger partial charge in [0.05, 0.1) is 6.04 Å². The van der Waals surface area contributed by atoms with E-state index in [0.717, 1.165) is 32.7 Å². The zero-order valence-corrected chi connectivity index (χ0v) is 19.5. The minimum absolute atomic E-state index is 0.0213. The fourth-order valence-electron chi connectivity index (χ4n) is 4.36. The van der Waals surface area contributed by atoms with Crippen LogP contribution < -0.4 is 10.6 Å². The molecule has 0 aromatic heterocycles. The lowest BCUT2D eigenvalue weighted by molar-refractivity contribution is -0.141. The van der Waals surface area contributed by atoms with Crippen molar-refractivity contribution in [2.75, 3.05) is 0 Å². The molecule has 35 heavy (non-hydrogen) atoms. The molecule has 2 amide bonds. The smallest absolute Gasteiger partial charge is 0.326 e. The number of carbonyl (C=O) groups excluding carboxylic acids is 2. The summed E-state index contributed by atoms with van der Waals surface area (Å²) in [6.07, 6.45) is 0.0279. The van der Waals surface area contributed by atoms with Crippen molar-refractivity contribution in [3.05, 3.63) is 96.1 Å². The number of carbonyl (C=O) groups is 3. The standard InChI is InChI=1S/C29H28N2O4/c1-19(20-9-3-2-4-10-20)30-27(32)15-16-28(33)31-26(29(34)35)18-25-23-13-7-5-11-21(23)17-22-12-6-8-14-24(22)25/h2-14,17,19,26H,15-16,18H2,1H3,(H,30,32)(H,31,33)(H,34,35)/t19-,26-/m1/s1. The summed E-state index contributed by atoms with van der Waals surface area (Å²) in [6, 6.07) is 26.0. The zero-order chi connectivity index (χ0) is 24.8. The molecule has 0 fully saturated rings. The molecule has 4 aromatic rings. The number of hydrogen-bond donors (Lipinski definition) is 3. The molecule has 0 spiro atoms. The minimum atomic E-state index is -1.11. The first-order valence-electron chi connectivity index (χ1n) is 11.7. The van der Waals surface area contributed by atoms with Crippen LogP contribution in [0.25, 0.3) is 21.5 Å². The highest BCUT2D eigenvalue weighted by Crippen LogP contribution is 2.29. The molecular formula is C29H28N2O4. The van der Waals surface area contributed by atoms with Crippen molar-refractivity contribution in [3.8, 4) is 0 Å². The number of rotatable bonds is 9. The van der Waals surface area contributed by atoms with Gasteiger partial charge in [-0.15, -0.1) is 0 Å². The van der Waals surface area contributed by atoms with Crippen LogP contribution in [0.1, 0.15) is 36.9 Å². The first-order chi connectivity index (χ1) is 16.9. The number of hydrogen-bond acceptors (Lipinski definition) is 3. The van der Waals surface area contributed by atoms with Gasteiger partial charge in [0.1, 0.15) is 6.04 Å². The lowest BCUT2D eigenvalue weighted by Crippen LogP contribution is -2.42. The number of benzene rings is 4. The van der Waals surface area contributed by atoms with Crippen LogP contribution in [-0.4, -0.2) is 28.9 Å². The number of amides is 2. The second-order valence-corrected chi connectivity index (χ2v) is 8.66. The molecule has 0 saturated carbocycles. The van der Waals surface area contributed by atoms with E-state index in [1.807, 2.05) is 85.8 Å². The van der Waals surface area contributed by atoms with E-state index in [1.54, 1.807) is 0 Å². The molecule has 0 aliphatic rings. The van der Waals surface area contributed by atoms with Crippen LogP contribution in [-0.2, 0) is 20.8 Å². The molecule has 6 nitrogen and oxygen atoms in total. The van der Waals surface area contributed by atoms with Gasteiger partial charge in [-0.2, -0.15) is 0 Å². The van der Waals surface area contributed by atoms with Gasteiger partial charge in [-0.25, -0.2) is 4.79 Å².